The predicted octanol–water partition coefficient (Wildman–Crippen LogP) is 5.43. The van der Waals surface area contributed by atoms with E-state index in [0.29, 0.717) is 12.2 Å². The minimum absolute atomic E-state index is 0.517. The number of ether oxygens (including phenoxy) is 1. The predicted molar refractivity (Wildman–Crippen MR) is 72.5 cm³/mol. The molecule has 1 rings (SSSR count). The van der Waals surface area contributed by atoms with Crippen molar-refractivity contribution in [1.29, 1.82) is 0 Å². The van der Waals surface area contributed by atoms with Crippen molar-refractivity contribution in [1.82, 2.24) is 0 Å². The van der Waals surface area contributed by atoms with E-state index in [1.54, 1.807) is 0 Å². The first kappa shape index (κ1) is 20.4. The Morgan fingerprint density at radius 1 is 0.933 bits per heavy atom. The van der Waals surface area contributed by atoms with E-state index >= 15 is 0 Å². The molecule has 0 N–H and O–H groups in total. The molecule has 0 aromatic carbocycles. The zero-order valence-corrected chi connectivity index (χ0v) is 12.4. The Morgan fingerprint density at radius 2 is 1.40 bits per heavy atom. The van der Waals surface area contributed by atoms with Crippen LogP contribution in [0.25, 0.3) is 0 Å². The molecule has 1 aliphatic heterocycles. The van der Waals surface area contributed by atoms with E-state index in [4.69, 9.17) is 4.74 Å². The maximum Gasteiger partial charge on any atom is 0.0576 e. The van der Waals surface area contributed by atoms with Crippen molar-refractivity contribution in [2.75, 3.05) is 0 Å². The topological polar surface area (TPSA) is 9.23 Å². The molecule has 1 saturated heterocycles. The fraction of sp³-hybridized carbons (Fsp3) is 1.00. The molecule has 2 unspecified atom stereocenters. The standard InChI is InChI=1S/C8H16O.3C2H6/c1-3-8-6-4-5-7(2)9-8;3*1-2/h7-8H,3-6H2,1-2H3;3*1-2H3. The summed E-state index contributed by atoms with van der Waals surface area (Å²) in [5.41, 5.74) is 0. The molecular formula is C14H34O. The number of rotatable bonds is 1. The highest BCUT2D eigenvalue weighted by molar-refractivity contribution is 4.65. The average molecular weight is 218 g/mol. The van der Waals surface area contributed by atoms with Gasteiger partial charge in [-0.15, -0.1) is 0 Å². The van der Waals surface area contributed by atoms with E-state index in [9.17, 15) is 0 Å². The quantitative estimate of drug-likeness (QED) is 0.570. The monoisotopic (exact) mass is 218 g/mol. The summed E-state index contributed by atoms with van der Waals surface area (Å²) < 4.78 is 5.64. The molecule has 15 heavy (non-hydrogen) atoms. The van der Waals surface area contributed by atoms with Crippen LogP contribution < -0.4 is 0 Å². The van der Waals surface area contributed by atoms with Gasteiger partial charge in [0.15, 0.2) is 0 Å². The molecular weight excluding hydrogens is 184 g/mol. The van der Waals surface area contributed by atoms with Crippen molar-refractivity contribution in [2.45, 2.75) is 93.3 Å². The van der Waals surface area contributed by atoms with E-state index < -0.39 is 0 Å². The summed E-state index contributed by atoms with van der Waals surface area (Å²) in [6, 6.07) is 0. The highest BCUT2D eigenvalue weighted by atomic mass is 16.5. The second-order valence-corrected chi connectivity index (χ2v) is 2.91. The van der Waals surface area contributed by atoms with E-state index in [-0.39, 0.29) is 0 Å². The highest BCUT2D eigenvalue weighted by Gasteiger charge is 2.16. The van der Waals surface area contributed by atoms with Gasteiger partial charge in [0.2, 0.25) is 0 Å². The molecule has 1 heteroatoms. The smallest absolute Gasteiger partial charge is 0.0576 e. The number of hydrogen-bond acceptors (Lipinski definition) is 1. The number of hydrogen-bond donors (Lipinski definition) is 0. The van der Waals surface area contributed by atoms with Crippen LogP contribution in [0.15, 0.2) is 0 Å². The Balaban J connectivity index is -0.000000208. The lowest BCUT2D eigenvalue weighted by Crippen LogP contribution is -2.24. The molecule has 0 aromatic rings. The van der Waals surface area contributed by atoms with E-state index in [1.807, 2.05) is 41.5 Å². The van der Waals surface area contributed by atoms with Crippen molar-refractivity contribution < 1.29 is 4.74 Å². The zero-order valence-electron chi connectivity index (χ0n) is 12.4. The maximum absolute atomic E-state index is 5.64. The summed E-state index contributed by atoms with van der Waals surface area (Å²) in [6.07, 6.45) is 6.17. The average Bonchev–Trinajstić information content (AvgIpc) is 2.36. The van der Waals surface area contributed by atoms with Crippen LogP contribution in [0.3, 0.4) is 0 Å². The molecule has 2 atom stereocenters. The second kappa shape index (κ2) is 19.5. The lowest BCUT2D eigenvalue weighted by molar-refractivity contribution is -0.0407. The van der Waals surface area contributed by atoms with Crippen molar-refractivity contribution in [3.8, 4) is 0 Å². The van der Waals surface area contributed by atoms with Crippen LogP contribution in [0.5, 0.6) is 0 Å². The maximum atomic E-state index is 5.64. The van der Waals surface area contributed by atoms with Crippen LogP contribution in [-0.4, -0.2) is 12.2 Å². The second-order valence-electron chi connectivity index (χ2n) is 2.91. The van der Waals surface area contributed by atoms with E-state index in [2.05, 4.69) is 13.8 Å². The first-order chi connectivity index (χ1) is 7.33. The van der Waals surface area contributed by atoms with Crippen LogP contribution in [0.4, 0.5) is 0 Å². The molecule has 0 aromatic heterocycles. The van der Waals surface area contributed by atoms with Crippen molar-refractivity contribution in [3.63, 3.8) is 0 Å². The van der Waals surface area contributed by atoms with Crippen molar-refractivity contribution in [3.05, 3.63) is 0 Å². The molecule has 0 bridgehead atoms. The minimum Gasteiger partial charge on any atom is -0.375 e. The van der Waals surface area contributed by atoms with Crippen LogP contribution in [-0.2, 0) is 4.74 Å². The summed E-state index contributed by atoms with van der Waals surface area (Å²) in [5.74, 6) is 0. The summed E-state index contributed by atoms with van der Waals surface area (Å²) in [5, 5.41) is 0. The fourth-order valence-electron chi connectivity index (χ4n) is 1.40. The Bertz CT molecular complexity index is 81.4. The molecule has 96 valence electrons. The molecule has 1 aliphatic rings. The molecule has 0 spiro atoms. The SMILES string of the molecule is CC.CC.CC.CCC1CCCC(C)O1. The van der Waals surface area contributed by atoms with Gasteiger partial charge in [-0.1, -0.05) is 48.5 Å². The summed E-state index contributed by atoms with van der Waals surface area (Å²) in [7, 11) is 0. The summed E-state index contributed by atoms with van der Waals surface area (Å²) in [4.78, 5) is 0. The Labute approximate surface area is 98.6 Å². The van der Waals surface area contributed by atoms with Gasteiger partial charge in [-0.25, -0.2) is 0 Å². The van der Waals surface area contributed by atoms with Gasteiger partial charge in [-0.2, -0.15) is 0 Å². The first-order valence-corrected chi connectivity index (χ1v) is 6.98. The van der Waals surface area contributed by atoms with E-state index in [1.165, 1.54) is 25.7 Å². The molecule has 0 radical (unpaired) electrons. The molecule has 0 amide bonds. The van der Waals surface area contributed by atoms with Crippen LogP contribution in [0.2, 0.25) is 0 Å². The van der Waals surface area contributed by atoms with Gasteiger partial charge >= 0.3 is 0 Å². The van der Waals surface area contributed by atoms with Gasteiger partial charge in [-0.3, -0.25) is 0 Å². The lowest BCUT2D eigenvalue weighted by Gasteiger charge is -2.26. The largest absolute Gasteiger partial charge is 0.375 e. The minimum atomic E-state index is 0.517. The van der Waals surface area contributed by atoms with Gasteiger partial charge in [0.25, 0.3) is 0 Å². The lowest BCUT2D eigenvalue weighted by atomic mass is 10.0. The molecule has 0 aliphatic carbocycles. The first-order valence-electron chi connectivity index (χ1n) is 6.98. The van der Waals surface area contributed by atoms with Crippen LogP contribution >= 0.6 is 0 Å². The third-order valence-corrected chi connectivity index (χ3v) is 2.02. The van der Waals surface area contributed by atoms with Gasteiger partial charge < -0.3 is 4.74 Å². The highest BCUT2D eigenvalue weighted by Crippen LogP contribution is 2.19. The summed E-state index contributed by atoms with van der Waals surface area (Å²) in [6.45, 7) is 16.4. The Kier molecular flexibility index (Phi) is 26.5. The fourth-order valence-corrected chi connectivity index (χ4v) is 1.40. The Hall–Kier alpha value is -0.0400. The van der Waals surface area contributed by atoms with Gasteiger partial charge in [-0.05, 0) is 32.6 Å². The van der Waals surface area contributed by atoms with Crippen molar-refractivity contribution >= 4 is 0 Å². The van der Waals surface area contributed by atoms with Gasteiger partial charge in [0.05, 0.1) is 12.2 Å². The molecule has 1 nitrogen and oxygen atoms in total. The van der Waals surface area contributed by atoms with Crippen molar-refractivity contribution in [2.24, 2.45) is 0 Å². The third kappa shape index (κ3) is 14.0. The Morgan fingerprint density at radius 3 is 1.67 bits per heavy atom. The van der Waals surface area contributed by atoms with Crippen LogP contribution in [0, 0.1) is 0 Å². The van der Waals surface area contributed by atoms with Gasteiger partial charge in [0, 0.05) is 0 Å². The molecule has 1 fully saturated rings. The third-order valence-electron chi connectivity index (χ3n) is 2.02. The molecule has 1 heterocycles. The zero-order chi connectivity index (χ0) is 12.7. The molecule has 0 saturated carbocycles. The normalized spacial score (nSPS) is 23.2. The van der Waals surface area contributed by atoms with Gasteiger partial charge in [0.1, 0.15) is 0 Å². The van der Waals surface area contributed by atoms with Crippen LogP contribution in [0.1, 0.15) is 81.1 Å². The van der Waals surface area contributed by atoms with E-state index in [0.717, 1.165) is 0 Å². The summed E-state index contributed by atoms with van der Waals surface area (Å²) >= 11 is 0.